The molecule has 1 heterocycles. The summed E-state index contributed by atoms with van der Waals surface area (Å²) in [5.74, 6) is 1.11. The first-order chi connectivity index (χ1) is 7.56. The lowest BCUT2D eigenvalue weighted by Crippen LogP contribution is -1.92. The number of hydrogen-bond donors (Lipinski definition) is 1. The third kappa shape index (κ3) is 2.12. The summed E-state index contributed by atoms with van der Waals surface area (Å²) in [7, 11) is 1.79. The van der Waals surface area contributed by atoms with Crippen molar-refractivity contribution in [3.63, 3.8) is 0 Å². The zero-order chi connectivity index (χ0) is 11.7. The molecule has 2 aromatic rings. The molecular weight excluding hydrogens is 226 g/mol. The van der Waals surface area contributed by atoms with Crippen LogP contribution in [0, 0.1) is 6.92 Å². The maximum absolute atomic E-state index is 5.86. The number of anilines is 1. The molecule has 16 heavy (non-hydrogen) atoms. The predicted octanol–water partition coefficient (Wildman–Crippen LogP) is 2.76. The van der Waals surface area contributed by atoms with Crippen molar-refractivity contribution in [1.29, 1.82) is 0 Å². The van der Waals surface area contributed by atoms with Gasteiger partial charge in [-0.2, -0.15) is 0 Å². The van der Waals surface area contributed by atoms with E-state index in [0.717, 1.165) is 5.56 Å². The number of ether oxygens (including phenoxy) is 1. The van der Waals surface area contributed by atoms with E-state index in [-0.39, 0.29) is 0 Å². The zero-order valence-electron chi connectivity index (χ0n) is 9.07. The molecule has 5 heteroatoms. The van der Waals surface area contributed by atoms with E-state index in [9.17, 15) is 0 Å². The van der Waals surface area contributed by atoms with E-state index in [0.29, 0.717) is 22.3 Å². The van der Waals surface area contributed by atoms with Crippen LogP contribution < -0.4 is 10.5 Å². The number of aromatic nitrogens is 2. The van der Waals surface area contributed by atoms with E-state index in [1.165, 1.54) is 0 Å². The van der Waals surface area contributed by atoms with E-state index in [1.807, 2.05) is 13.0 Å². The van der Waals surface area contributed by atoms with Crippen molar-refractivity contribution in [2.45, 2.75) is 6.92 Å². The number of nitrogen functional groups attached to an aromatic ring is 1. The quantitative estimate of drug-likeness (QED) is 0.874. The highest BCUT2D eigenvalue weighted by Gasteiger charge is 2.08. The molecule has 0 bridgehead atoms. The summed E-state index contributed by atoms with van der Waals surface area (Å²) in [5, 5.41) is 4.78. The van der Waals surface area contributed by atoms with Crippen LogP contribution in [0.5, 0.6) is 11.6 Å². The van der Waals surface area contributed by atoms with Crippen LogP contribution in [0.3, 0.4) is 0 Å². The minimum atomic E-state index is 0.410. The Labute approximate surface area is 98.6 Å². The minimum absolute atomic E-state index is 0.410. The predicted molar refractivity (Wildman–Crippen MR) is 63.9 cm³/mol. The van der Waals surface area contributed by atoms with Gasteiger partial charge in [-0.15, -0.1) is 5.10 Å². The maximum Gasteiger partial charge on any atom is 0.261 e. The molecule has 0 spiro atoms. The first-order valence-corrected chi connectivity index (χ1v) is 5.17. The second-order valence-corrected chi connectivity index (χ2v) is 4.01. The molecule has 2 rings (SSSR count). The van der Waals surface area contributed by atoms with E-state index >= 15 is 0 Å². The lowest BCUT2D eigenvalue weighted by Gasteiger charge is -2.06. The Kier molecular flexibility index (Phi) is 2.75. The molecule has 0 aliphatic carbocycles. The fraction of sp³-hybridized carbons (Fsp3) is 0.182. The van der Waals surface area contributed by atoms with Gasteiger partial charge in [0.2, 0.25) is 0 Å². The van der Waals surface area contributed by atoms with Gasteiger partial charge in [0.05, 0.1) is 6.20 Å². The summed E-state index contributed by atoms with van der Waals surface area (Å²) >= 11 is 5.86. The average molecular weight is 238 g/mol. The summed E-state index contributed by atoms with van der Waals surface area (Å²) in [6.45, 7) is 1.92. The van der Waals surface area contributed by atoms with Gasteiger partial charge in [-0.05, 0) is 30.7 Å². The van der Waals surface area contributed by atoms with Gasteiger partial charge in [-0.1, -0.05) is 11.6 Å². The molecule has 0 unspecified atom stereocenters. The Morgan fingerprint density at radius 2 is 2.19 bits per heavy atom. The van der Waals surface area contributed by atoms with Crippen LogP contribution in [0.15, 0.2) is 24.4 Å². The molecule has 0 aliphatic heterocycles. The van der Waals surface area contributed by atoms with E-state index in [1.54, 1.807) is 30.1 Å². The molecule has 0 saturated heterocycles. The van der Waals surface area contributed by atoms with Crippen molar-refractivity contribution in [3.05, 3.63) is 35.0 Å². The second kappa shape index (κ2) is 4.06. The normalized spacial score (nSPS) is 10.4. The van der Waals surface area contributed by atoms with Crippen LogP contribution in [0.2, 0.25) is 5.02 Å². The second-order valence-electron chi connectivity index (χ2n) is 3.58. The highest BCUT2D eigenvalue weighted by molar-refractivity contribution is 6.30. The number of nitrogens with two attached hydrogens (primary N) is 1. The van der Waals surface area contributed by atoms with E-state index in [2.05, 4.69) is 5.10 Å². The Morgan fingerprint density at radius 3 is 2.75 bits per heavy atom. The van der Waals surface area contributed by atoms with Crippen LogP contribution in [0.4, 0.5) is 5.69 Å². The van der Waals surface area contributed by atoms with Crippen LogP contribution >= 0.6 is 11.6 Å². The standard InChI is InChI=1S/C11H12ClN3O/c1-7-5-8(12)3-4-10(7)16-11-9(13)6-15(2)14-11/h3-6H,13H2,1-2H3. The molecule has 84 valence electrons. The molecule has 4 nitrogen and oxygen atoms in total. The fourth-order valence-electron chi connectivity index (χ4n) is 1.40. The summed E-state index contributed by atoms with van der Waals surface area (Å²) in [6, 6.07) is 5.39. The number of hydrogen-bond acceptors (Lipinski definition) is 3. The van der Waals surface area contributed by atoms with Gasteiger partial charge < -0.3 is 10.5 Å². The van der Waals surface area contributed by atoms with Crippen molar-refractivity contribution in [2.75, 3.05) is 5.73 Å². The van der Waals surface area contributed by atoms with Gasteiger partial charge in [-0.25, -0.2) is 0 Å². The molecule has 0 radical (unpaired) electrons. The molecule has 0 aliphatic rings. The molecule has 1 aromatic carbocycles. The average Bonchev–Trinajstić information content (AvgIpc) is 2.50. The van der Waals surface area contributed by atoms with Crippen LogP contribution in [0.25, 0.3) is 0 Å². The molecular formula is C11H12ClN3O. The van der Waals surface area contributed by atoms with E-state index in [4.69, 9.17) is 22.1 Å². The van der Waals surface area contributed by atoms with Crippen molar-refractivity contribution in [2.24, 2.45) is 7.05 Å². The van der Waals surface area contributed by atoms with Gasteiger partial charge in [0.15, 0.2) is 0 Å². The Balaban J connectivity index is 2.30. The van der Waals surface area contributed by atoms with Gasteiger partial charge in [0.1, 0.15) is 11.4 Å². The molecule has 0 saturated carbocycles. The highest BCUT2D eigenvalue weighted by Crippen LogP contribution is 2.29. The number of rotatable bonds is 2. The lowest BCUT2D eigenvalue weighted by molar-refractivity contribution is 0.452. The van der Waals surface area contributed by atoms with E-state index < -0.39 is 0 Å². The smallest absolute Gasteiger partial charge is 0.261 e. The lowest BCUT2D eigenvalue weighted by atomic mass is 10.2. The molecule has 2 N–H and O–H groups in total. The molecule has 0 amide bonds. The van der Waals surface area contributed by atoms with Crippen molar-refractivity contribution in [1.82, 2.24) is 9.78 Å². The number of nitrogens with zero attached hydrogens (tertiary/aromatic N) is 2. The minimum Gasteiger partial charge on any atom is -0.436 e. The van der Waals surface area contributed by atoms with Gasteiger partial charge >= 0.3 is 0 Å². The third-order valence-corrected chi connectivity index (χ3v) is 2.40. The first kappa shape index (κ1) is 10.8. The molecule has 0 fully saturated rings. The summed E-state index contributed by atoms with van der Waals surface area (Å²) in [6.07, 6.45) is 1.70. The monoisotopic (exact) mass is 237 g/mol. The maximum atomic E-state index is 5.86. The number of aryl methyl sites for hydroxylation is 2. The van der Waals surface area contributed by atoms with Gasteiger partial charge in [0, 0.05) is 12.1 Å². The summed E-state index contributed by atoms with van der Waals surface area (Å²) in [4.78, 5) is 0. The third-order valence-electron chi connectivity index (χ3n) is 2.17. The Hall–Kier alpha value is -1.68. The van der Waals surface area contributed by atoms with Crippen molar-refractivity contribution >= 4 is 17.3 Å². The Morgan fingerprint density at radius 1 is 1.44 bits per heavy atom. The fourth-order valence-corrected chi connectivity index (χ4v) is 1.62. The summed E-state index contributed by atoms with van der Waals surface area (Å²) in [5.41, 5.74) is 7.19. The van der Waals surface area contributed by atoms with Crippen molar-refractivity contribution < 1.29 is 4.74 Å². The Bertz CT molecular complexity index is 522. The van der Waals surface area contributed by atoms with Crippen LogP contribution in [-0.4, -0.2) is 9.78 Å². The number of benzene rings is 1. The van der Waals surface area contributed by atoms with Crippen molar-refractivity contribution in [3.8, 4) is 11.6 Å². The number of halogens is 1. The van der Waals surface area contributed by atoms with Crippen LogP contribution in [-0.2, 0) is 7.05 Å². The summed E-state index contributed by atoms with van der Waals surface area (Å²) < 4.78 is 7.21. The first-order valence-electron chi connectivity index (χ1n) is 4.79. The topological polar surface area (TPSA) is 53.1 Å². The largest absolute Gasteiger partial charge is 0.436 e. The molecule has 1 aromatic heterocycles. The van der Waals surface area contributed by atoms with Gasteiger partial charge in [0.25, 0.3) is 5.88 Å². The highest BCUT2D eigenvalue weighted by atomic mass is 35.5. The zero-order valence-corrected chi connectivity index (χ0v) is 9.82. The van der Waals surface area contributed by atoms with Crippen LogP contribution in [0.1, 0.15) is 5.56 Å². The molecule has 0 atom stereocenters. The SMILES string of the molecule is Cc1cc(Cl)ccc1Oc1nn(C)cc1N. The van der Waals surface area contributed by atoms with Gasteiger partial charge in [-0.3, -0.25) is 4.68 Å².